The average Bonchev–Trinajstić information content (AvgIpc) is 1.75. The van der Waals surface area contributed by atoms with Gasteiger partial charge in [0, 0.05) is 32.1 Å². The normalized spacial score (nSPS) is 22.3. The molecule has 44 nitrogen and oxygen atoms in total. The quantitative estimate of drug-likeness (QED) is 0.00944. The lowest BCUT2D eigenvalue weighted by Crippen LogP contribution is -2.65. The Morgan fingerprint density at radius 2 is 0.704 bits per heavy atom. The van der Waals surface area contributed by atoms with Crippen molar-refractivity contribution in [2.75, 3.05) is 30.5 Å². The topological polar surface area (TPSA) is 608 Å². The van der Waals surface area contributed by atoms with E-state index in [0.717, 1.165) is 28.7 Å². The fourth-order valence-corrected chi connectivity index (χ4v) is 13.4. The van der Waals surface area contributed by atoms with Crippen LogP contribution >= 0.6 is 0 Å². The summed E-state index contributed by atoms with van der Waals surface area (Å²) in [5, 5.41) is 101. The number of hydrogen-bond donors (Lipinski definition) is 18. The molecule has 0 radical (unpaired) electrons. The van der Waals surface area contributed by atoms with Gasteiger partial charge in [-0.1, -0.05) is 48.5 Å². The predicted molar refractivity (Wildman–Crippen MR) is 454 cm³/mol. The third kappa shape index (κ3) is 31.7. The maximum atomic E-state index is 13.6. The number of nitrogens with one attached hydrogen (secondary N) is 11. The van der Waals surface area contributed by atoms with Crippen LogP contribution in [0.25, 0.3) is 0 Å². The maximum absolute atomic E-state index is 13.6. The second-order valence-electron chi connectivity index (χ2n) is 29.2. The summed E-state index contributed by atoms with van der Waals surface area (Å²) in [5.41, 5.74) is 5.72. The molecule has 6 aliphatic heterocycles. The molecule has 5 amide bonds. The number of carbonyl (C=O) groups is 8. The minimum Gasteiger partial charge on any atom is -0.490 e. The second kappa shape index (κ2) is 47.0. The molecule has 50 heteroatoms. The lowest BCUT2D eigenvalue weighted by atomic mass is 9.87. The van der Waals surface area contributed by atoms with E-state index in [9.17, 15) is 83.2 Å². The fraction of sp³-hybridized carbons (Fsp3) is 0.427. The molecule has 6 heterocycles. The summed E-state index contributed by atoms with van der Waals surface area (Å²) >= 11 is 0. The van der Waals surface area contributed by atoms with Crippen LogP contribution in [0.5, 0.6) is 0 Å². The van der Waals surface area contributed by atoms with Crippen molar-refractivity contribution < 1.29 is 135 Å². The van der Waals surface area contributed by atoms with Crippen LogP contribution in [0.2, 0.25) is 40.9 Å². The molecule has 4 aromatic rings. The van der Waals surface area contributed by atoms with E-state index in [4.69, 9.17) is 52.1 Å². The van der Waals surface area contributed by atoms with E-state index >= 15 is 0 Å². The number of benzene rings is 4. The molecular weight excluding hydrogens is 1640 g/mol. The van der Waals surface area contributed by atoms with Crippen molar-refractivity contribution in [3.8, 4) is 0 Å². The minimum absolute atomic E-state index is 0.0211. The Hall–Kier alpha value is -13.1. The zero-order valence-electron chi connectivity index (χ0n) is 70.1. The van der Waals surface area contributed by atoms with Gasteiger partial charge in [0.2, 0.25) is 29.9 Å². The Bertz CT molecular complexity index is 4450. The van der Waals surface area contributed by atoms with Gasteiger partial charge in [0.05, 0.1) is 64.9 Å². The number of carbonyl (C=O) groups excluding carboxylic acids is 10. The van der Waals surface area contributed by atoms with Gasteiger partial charge in [-0.3, -0.25) is 39.7 Å². The van der Waals surface area contributed by atoms with Crippen LogP contribution in [0.1, 0.15) is 63.8 Å². The van der Waals surface area contributed by atoms with Gasteiger partial charge >= 0.3 is 73.0 Å². The lowest BCUT2D eigenvalue weighted by Gasteiger charge is -2.41. The summed E-state index contributed by atoms with van der Waals surface area (Å²) in [7, 11) is -6.59. The van der Waals surface area contributed by atoms with Crippen LogP contribution in [0, 0.1) is 0 Å². The van der Waals surface area contributed by atoms with E-state index in [1.807, 2.05) is 24.3 Å². The number of aliphatic hydroxyl groups excluding tert-OH is 1. The van der Waals surface area contributed by atoms with Crippen LogP contribution in [0.3, 0.4) is 0 Å². The molecule has 6 aliphatic rings. The molecule has 0 unspecified atom stereocenters. The number of nitrogens with zero attached hydrogens (tertiary/aromatic N) is 5. The standard InChI is InChI=1S/C45H62B4N10O18.C15H26B2N4O8.C15H10N2O2/c1-22-17-30(54-40(56-46(5)66)57-47(6)67)34(50-24(3)60)38(72-22)36(32-20-70-44(64)74-32)76-42(62)52-28-13-9-26(10-14-28)19-27-11-15-29(16-12-27)53-43(63)77-37(33-21-71-45(65)75-33)39-35(51-25(4)61)31(18-23(2)73-39)55-41(58-48(7)68)59-49(8)69;1-7-5-9(19-14(20-16(3)25)21-17(4)26)11(18-8(2)22)13(28-7)12(23)10-6-27-15(24)29-10;18-10-16-14-5-1-12(2-6-14)9-13-3-7-15(8-4-13)17-11-19/h9-18,30-39,66-69H,19-21H2,1-8H3,(H,50,60)(H,51,61)(H,52,62)(H,53,63)(H2,54,56,57)(H2,55,58,59);5,9-13,23,25-26H,6H2,1-4H3,(H,18,22)(H2,19,20,21);1-8H,9H2/t30-,31-,32+,33+,34+,35+,36+,37+,38+,39+;9-,10+,11+,12+,13+;/m00./s1. The van der Waals surface area contributed by atoms with Gasteiger partial charge in [-0.2, -0.15) is 9.98 Å². The minimum atomic E-state index is -1.36. The molecule has 0 spiro atoms. The number of rotatable bonds is 28. The molecule has 0 aromatic heterocycles. The molecule has 10 rings (SSSR count). The largest absolute Gasteiger partial charge is 0.508 e. The first-order valence-corrected chi connectivity index (χ1v) is 39.3. The van der Waals surface area contributed by atoms with Crippen LogP contribution in [-0.4, -0.2) is 267 Å². The molecule has 15 atom stereocenters. The highest BCUT2D eigenvalue weighted by atomic mass is 16.8. The van der Waals surface area contributed by atoms with E-state index in [0.29, 0.717) is 46.4 Å². The molecule has 4 aromatic carbocycles. The van der Waals surface area contributed by atoms with E-state index in [1.54, 1.807) is 112 Å². The molecule has 0 saturated carbocycles. The number of aliphatic hydroxyl groups is 1. The van der Waals surface area contributed by atoms with E-state index in [1.165, 1.54) is 73.9 Å². The Labute approximate surface area is 719 Å². The zero-order valence-corrected chi connectivity index (χ0v) is 70.1. The highest BCUT2D eigenvalue weighted by molar-refractivity contribution is 6.54. The first-order valence-electron chi connectivity index (χ1n) is 39.3. The van der Waals surface area contributed by atoms with E-state index in [2.05, 4.69) is 82.9 Å². The van der Waals surface area contributed by atoms with Crippen molar-refractivity contribution >= 4 is 143 Å². The number of allylic oxidation sites excluding steroid dienone is 3. The van der Waals surface area contributed by atoms with Crippen molar-refractivity contribution in [2.24, 2.45) is 24.7 Å². The molecule has 0 bridgehead atoms. The van der Waals surface area contributed by atoms with Crippen molar-refractivity contribution in [1.29, 1.82) is 0 Å². The van der Waals surface area contributed by atoms with Crippen LogP contribution < -0.4 is 58.2 Å². The van der Waals surface area contributed by atoms with Crippen molar-refractivity contribution in [2.45, 2.75) is 187 Å². The number of ether oxygens (including phenoxy) is 11. The lowest BCUT2D eigenvalue weighted by molar-refractivity contribution is -0.125. The molecule has 3 saturated heterocycles. The van der Waals surface area contributed by atoms with Gasteiger partial charge in [0.1, 0.15) is 25.9 Å². The molecule has 3 fully saturated rings. The second-order valence-corrected chi connectivity index (χ2v) is 29.2. The number of amides is 5. The van der Waals surface area contributed by atoms with Crippen molar-refractivity contribution in [1.82, 2.24) is 47.6 Å². The number of cyclic esters (lactones) is 6. The number of anilines is 2. The van der Waals surface area contributed by atoms with Crippen molar-refractivity contribution in [3.63, 3.8) is 0 Å². The maximum Gasteiger partial charge on any atom is 0.508 e. The van der Waals surface area contributed by atoms with Crippen molar-refractivity contribution in [3.05, 3.63) is 155 Å². The predicted octanol–water partition coefficient (Wildman–Crippen LogP) is 1.07. The van der Waals surface area contributed by atoms with Gasteiger partial charge in [0.25, 0.3) is 0 Å². The highest BCUT2D eigenvalue weighted by Crippen LogP contribution is 2.32. The zero-order chi connectivity index (χ0) is 91.3. The van der Waals surface area contributed by atoms with Gasteiger partial charge in [0.15, 0.2) is 66.7 Å². The Kier molecular flexibility index (Phi) is 36.6. The number of hydrogen-bond acceptors (Lipinski definition) is 33. The fourth-order valence-electron chi connectivity index (χ4n) is 13.4. The summed E-state index contributed by atoms with van der Waals surface area (Å²) in [4.78, 5) is 139. The first-order chi connectivity index (χ1) is 59.3. The highest BCUT2D eigenvalue weighted by Gasteiger charge is 2.52. The summed E-state index contributed by atoms with van der Waals surface area (Å²) in [6, 6.07) is 23.2. The van der Waals surface area contributed by atoms with Crippen LogP contribution in [0.4, 0.5) is 46.7 Å². The number of aliphatic imine (C=N–C) groups is 2. The van der Waals surface area contributed by atoms with E-state index in [-0.39, 0.29) is 43.6 Å². The molecule has 125 heavy (non-hydrogen) atoms. The van der Waals surface area contributed by atoms with Gasteiger partial charge < -0.3 is 135 Å². The van der Waals surface area contributed by atoms with Gasteiger partial charge in [-0.05, 0) is 164 Å². The Balaban J connectivity index is 0.000000324. The SMILES string of the molecule is CB(O)N=C(NB(C)O)N[C@H]1C=C(C)O[C@@H]([C@H](O)[C@H]2COC(=O)O2)[C@@H]1NC(C)=O.CB(O)N=C(NB(C)O)N[C@H]1C=C(C)O[C@@H]([C@H](OC(=O)Nc2ccc(Cc3ccc(NC(=O)O[C@@H]([C@@H]4OC(C)=C[C@H](NC(=NB(C)O)NB(C)O)[C@H]4NC(C)=O)[C@H]4COC(=O)O4)cc3)cc2)[C@H]2COC(=O)O2)[C@@H]1NC(C)=O.O=C=Nc1ccc(Cc2ccc(N=C=O)cc2)cc1. The van der Waals surface area contributed by atoms with Crippen LogP contribution in [0.15, 0.2) is 157 Å². The van der Waals surface area contributed by atoms with E-state index < -0.39 is 176 Å². The summed E-state index contributed by atoms with van der Waals surface area (Å²) < 4.78 is 60.3. The average molecular weight is 1740 g/mol. The summed E-state index contributed by atoms with van der Waals surface area (Å²) in [6.45, 7) is 16.5. The smallest absolute Gasteiger partial charge is 0.490 e. The number of isocyanates is 2. The molecule has 18 N–H and O–H groups in total. The Morgan fingerprint density at radius 3 is 0.968 bits per heavy atom. The summed E-state index contributed by atoms with van der Waals surface area (Å²) in [6.07, 6.45) is -6.44. The Morgan fingerprint density at radius 1 is 0.424 bits per heavy atom. The molecular formula is C75H98B6N16O28. The monoisotopic (exact) mass is 1740 g/mol. The molecule has 664 valence electrons. The number of guanidine groups is 3. The first kappa shape index (κ1) is 97.4. The third-order valence-electron chi connectivity index (χ3n) is 18.3. The third-order valence-corrected chi connectivity index (χ3v) is 18.3. The van der Waals surface area contributed by atoms with Gasteiger partial charge in [-0.15, -0.1) is 0 Å². The summed E-state index contributed by atoms with van der Waals surface area (Å²) in [5.74, 6) is -0.237. The van der Waals surface area contributed by atoms with Crippen LogP contribution in [-0.2, 0) is 88.9 Å². The van der Waals surface area contributed by atoms with Gasteiger partial charge in [-0.25, -0.2) is 33.6 Å². The molecule has 0 aliphatic carbocycles.